The molecule has 1 fully saturated rings. The van der Waals surface area contributed by atoms with Gasteiger partial charge in [-0.3, -0.25) is 10.2 Å². The third kappa shape index (κ3) is 3.99. The molecule has 9 heteroatoms. The number of methoxy groups -OCH3 is 1. The molecule has 1 aromatic heterocycles. The second-order valence-electron chi connectivity index (χ2n) is 8.77. The number of fused-ring (bicyclic) bond motifs is 1. The Hall–Kier alpha value is -2.84. The first-order valence-corrected chi connectivity index (χ1v) is 12.6. The van der Waals surface area contributed by atoms with Gasteiger partial charge in [-0.15, -0.1) is 0 Å². The van der Waals surface area contributed by atoms with Crippen LogP contribution in [-0.2, 0) is 4.79 Å². The SMILES string of the molecule is COc1ccc(-n2c(C)cc(/C=C3/C(=N)N4N=C(C5CCCCC5)SC4=NC3=O)c2C)cc1Cl. The van der Waals surface area contributed by atoms with Crippen LogP contribution in [0.3, 0.4) is 0 Å². The van der Waals surface area contributed by atoms with Crippen molar-refractivity contribution in [3.63, 3.8) is 0 Å². The molecule has 1 amide bonds. The first-order chi connectivity index (χ1) is 16.4. The summed E-state index contributed by atoms with van der Waals surface area (Å²) < 4.78 is 7.33. The van der Waals surface area contributed by atoms with Crippen molar-refractivity contribution in [2.75, 3.05) is 7.11 Å². The van der Waals surface area contributed by atoms with E-state index in [2.05, 4.69) is 9.56 Å². The van der Waals surface area contributed by atoms with Crippen molar-refractivity contribution >= 4 is 51.4 Å². The van der Waals surface area contributed by atoms with Gasteiger partial charge < -0.3 is 9.30 Å². The minimum atomic E-state index is -0.402. The molecule has 0 spiro atoms. The summed E-state index contributed by atoms with van der Waals surface area (Å²) in [5.74, 6) is 0.686. The number of amidine groups is 2. The summed E-state index contributed by atoms with van der Waals surface area (Å²) >= 11 is 7.78. The maximum atomic E-state index is 12.9. The molecule has 0 bridgehead atoms. The summed E-state index contributed by atoms with van der Waals surface area (Å²) in [4.78, 5) is 17.2. The second kappa shape index (κ2) is 9.07. The van der Waals surface area contributed by atoms with Crippen LogP contribution in [0.1, 0.15) is 49.1 Å². The van der Waals surface area contributed by atoms with Crippen molar-refractivity contribution in [1.29, 1.82) is 5.41 Å². The fraction of sp³-hybridized carbons (Fsp3) is 0.360. The molecule has 1 N–H and O–H groups in total. The van der Waals surface area contributed by atoms with E-state index in [1.54, 1.807) is 13.2 Å². The van der Waals surface area contributed by atoms with Gasteiger partial charge in [0.15, 0.2) is 5.84 Å². The van der Waals surface area contributed by atoms with E-state index >= 15 is 0 Å². The molecule has 1 aliphatic carbocycles. The summed E-state index contributed by atoms with van der Waals surface area (Å²) in [6.07, 6.45) is 7.63. The molecule has 0 saturated heterocycles. The Morgan fingerprint density at radius 2 is 1.97 bits per heavy atom. The van der Waals surface area contributed by atoms with Crippen LogP contribution in [0.25, 0.3) is 11.8 Å². The fourth-order valence-corrected chi connectivity index (χ4v) is 6.11. The molecule has 0 atom stereocenters. The molecule has 7 nitrogen and oxygen atoms in total. The number of aliphatic imine (C=N–C) groups is 1. The van der Waals surface area contributed by atoms with E-state index in [0.717, 1.165) is 40.5 Å². The van der Waals surface area contributed by atoms with Crippen molar-refractivity contribution in [1.82, 2.24) is 9.58 Å². The number of aryl methyl sites for hydroxylation is 1. The number of nitrogens with one attached hydrogen (secondary N) is 1. The molecule has 3 aliphatic rings. The van der Waals surface area contributed by atoms with Crippen LogP contribution < -0.4 is 4.74 Å². The smallest absolute Gasteiger partial charge is 0.283 e. The number of carbonyl (C=O) groups is 1. The van der Waals surface area contributed by atoms with Crippen molar-refractivity contribution < 1.29 is 9.53 Å². The van der Waals surface area contributed by atoms with Gasteiger partial charge in [-0.25, -0.2) is 0 Å². The molecule has 34 heavy (non-hydrogen) atoms. The molecule has 3 heterocycles. The number of halogens is 1. The van der Waals surface area contributed by atoms with Crippen LogP contribution in [0.15, 0.2) is 39.9 Å². The molecule has 2 aromatic rings. The van der Waals surface area contributed by atoms with Gasteiger partial charge in [0.05, 0.1) is 17.7 Å². The highest BCUT2D eigenvalue weighted by Gasteiger charge is 2.38. The average molecular weight is 496 g/mol. The lowest BCUT2D eigenvalue weighted by atomic mass is 9.90. The zero-order chi connectivity index (χ0) is 24.0. The lowest BCUT2D eigenvalue weighted by Gasteiger charge is -2.20. The Bertz CT molecular complexity index is 1290. The highest BCUT2D eigenvalue weighted by atomic mass is 35.5. The van der Waals surface area contributed by atoms with Crippen LogP contribution in [0.5, 0.6) is 5.75 Å². The molecule has 5 rings (SSSR count). The maximum Gasteiger partial charge on any atom is 0.283 e. The van der Waals surface area contributed by atoms with Crippen molar-refractivity contribution in [3.8, 4) is 11.4 Å². The van der Waals surface area contributed by atoms with Gasteiger partial charge in [0, 0.05) is 23.0 Å². The van der Waals surface area contributed by atoms with E-state index in [-0.39, 0.29) is 11.4 Å². The monoisotopic (exact) mass is 495 g/mol. The summed E-state index contributed by atoms with van der Waals surface area (Å²) in [5, 5.41) is 16.9. The number of aromatic nitrogens is 1. The van der Waals surface area contributed by atoms with Crippen LogP contribution in [0.2, 0.25) is 5.02 Å². The second-order valence-corrected chi connectivity index (χ2v) is 10.2. The van der Waals surface area contributed by atoms with Crippen LogP contribution in [-0.4, -0.2) is 38.6 Å². The predicted octanol–water partition coefficient (Wildman–Crippen LogP) is 5.96. The molecule has 176 valence electrons. The zero-order valence-corrected chi connectivity index (χ0v) is 21.0. The Labute approximate surface area is 208 Å². The number of thioether (sulfide) groups is 1. The Balaban J connectivity index is 1.47. The third-order valence-electron chi connectivity index (χ3n) is 6.59. The third-order valence-corrected chi connectivity index (χ3v) is 7.95. The summed E-state index contributed by atoms with van der Waals surface area (Å²) in [6, 6.07) is 7.62. The Morgan fingerprint density at radius 3 is 2.68 bits per heavy atom. The molecule has 1 aromatic carbocycles. The van der Waals surface area contributed by atoms with Gasteiger partial charge in [0.1, 0.15) is 10.8 Å². The topological polar surface area (TPSA) is 83.0 Å². The molecule has 2 aliphatic heterocycles. The number of rotatable bonds is 4. The van der Waals surface area contributed by atoms with E-state index in [0.29, 0.717) is 21.9 Å². The number of amides is 1. The largest absolute Gasteiger partial charge is 0.495 e. The minimum Gasteiger partial charge on any atom is -0.495 e. The zero-order valence-electron chi connectivity index (χ0n) is 19.4. The normalized spacial score (nSPS) is 20.0. The number of hydrogen-bond acceptors (Lipinski definition) is 5. The fourth-order valence-electron chi connectivity index (χ4n) is 4.80. The Morgan fingerprint density at radius 1 is 1.21 bits per heavy atom. The summed E-state index contributed by atoms with van der Waals surface area (Å²) in [5.41, 5.74) is 3.90. The number of ether oxygens (including phenoxy) is 1. The Kier molecular flexibility index (Phi) is 6.12. The van der Waals surface area contributed by atoms with E-state index < -0.39 is 5.91 Å². The highest BCUT2D eigenvalue weighted by Crippen LogP contribution is 2.36. The van der Waals surface area contributed by atoms with Gasteiger partial charge >= 0.3 is 0 Å². The van der Waals surface area contributed by atoms with Crippen LogP contribution >= 0.6 is 23.4 Å². The maximum absolute atomic E-state index is 12.9. The van der Waals surface area contributed by atoms with Crippen molar-refractivity contribution in [3.05, 3.63) is 51.8 Å². The van der Waals surface area contributed by atoms with Gasteiger partial charge in [0.25, 0.3) is 5.91 Å². The molecule has 1 saturated carbocycles. The number of hydrazone groups is 1. The van der Waals surface area contributed by atoms with E-state index in [1.165, 1.54) is 36.0 Å². The molecular weight excluding hydrogens is 470 g/mol. The van der Waals surface area contributed by atoms with E-state index in [9.17, 15) is 4.79 Å². The number of benzene rings is 1. The molecular formula is C25H26ClN5O2S. The highest BCUT2D eigenvalue weighted by molar-refractivity contribution is 8.27. The van der Waals surface area contributed by atoms with Crippen LogP contribution in [0.4, 0.5) is 0 Å². The summed E-state index contributed by atoms with van der Waals surface area (Å²) in [6.45, 7) is 3.98. The van der Waals surface area contributed by atoms with Gasteiger partial charge in [-0.1, -0.05) is 30.9 Å². The minimum absolute atomic E-state index is 0.0746. The van der Waals surface area contributed by atoms with Crippen molar-refractivity contribution in [2.24, 2.45) is 16.0 Å². The number of nitrogens with zero attached hydrogens (tertiary/aromatic N) is 4. The van der Waals surface area contributed by atoms with Gasteiger partial charge in [-0.05, 0) is 74.4 Å². The molecule has 0 unspecified atom stereocenters. The standard InChI is InChI=1S/C25H26ClN5O2S/c1-14-11-17(15(2)30(14)18-9-10-21(33-3)20(26)13-18)12-19-22(27)31-25(28-23(19)32)34-24(29-31)16-7-5-4-6-8-16/h9-13,16,27H,4-8H2,1-3H3/b19-12-,27-22?. The van der Waals surface area contributed by atoms with E-state index in [4.69, 9.17) is 26.8 Å². The average Bonchev–Trinajstić information content (AvgIpc) is 3.37. The van der Waals surface area contributed by atoms with E-state index in [1.807, 2.05) is 38.1 Å². The first-order valence-electron chi connectivity index (χ1n) is 11.4. The lowest BCUT2D eigenvalue weighted by molar-refractivity contribution is -0.114. The van der Waals surface area contributed by atoms with Gasteiger partial charge in [0.2, 0.25) is 5.17 Å². The quantitative estimate of drug-likeness (QED) is 0.531. The number of hydrogen-bond donors (Lipinski definition) is 1. The summed E-state index contributed by atoms with van der Waals surface area (Å²) in [7, 11) is 1.59. The first kappa shape index (κ1) is 22.9. The van der Waals surface area contributed by atoms with Crippen LogP contribution in [0, 0.1) is 25.2 Å². The predicted molar refractivity (Wildman–Crippen MR) is 138 cm³/mol. The van der Waals surface area contributed by atoms with Gasteiger partial charge in [-0.2, -0.15) is 15.1 Å². The number of carbonyl (C=O) groups excluding carboxylic acids is 1. The van der Waals surface area contributed by atoms with Crippen molar-refractivity contribution in [2.45, 2.75) is 46.0 Å². The molecule has 0 radical (unpaired) electrons. The lowest BCUT2D eigenvalue weighted by Crippen LogP contribution is -2.35.